The van der Waals surface area contributed by atoms with E-state index in [0.717, 1.165) is 31.1 Å². The Labute approximate surface area is 115 Å². The number of hydrogen-bond donors (Lipinski definition) is 1. The molecule has 2 rings (SSSR count). The van der Waals surface area contributed by atoms with Crippen LogP contribution in [0.25, 0.3) is 0 Å². The minimum Gasteiger partial charge on any atom is -0.311 e. The van der Waals surface area contributed by atoms with Crippen molar-refractivity contribution in [2.24, 2.45) is 0 Å². The van der Waals surface area contributed by atoms with Crippen LogP contribution in [0, 0.1) is 0 Å². The van der Waals surface area contributed by atoms with E-state index in [1.165, 1.54) is 12.0 Å². The minimum atomic E-state index is 0.609. The molecule has 0 bridgehead atoms. The summed E-state index contributed by atoms with van der Waals surface area (Å²) in [7, 11) is 0. The summed E-state index contributed by atoms with van der Waals surface area (Å²) >= 11 is 5.91. The topological polar surface area (TPSA) is 15.3 Å². The third kappa shape index (κ3) is 3.71. The molecule has 1 saturated heterocycles. The van der Waals surface area contributed by atoms with Crippen LogP contribution in [0.15, 0.2) is 24.3 Å². The average molecular weight is 267 g/mol. The van der Waals surface area contributed by atoms with Crippen molar-refractivity contribution < 1.29 is 0 Å². The van der Waals surface area contributed by atoms with Crippen LogP contribution in [-0.4, -0.2) is 36.6 Å². The molecule has 0 spiro atoms. The molecule has 0 radical (unpaired) electrons. The minimum absolute atomic E-state index is 0.609. The van der Waals surface area contributed by atoms with Crippen molar-refractivity contribution >= 4 is 11.6 Å². The van der Waals surface area contributed by atoms with Gasteiger partial charge in [-0.1, -0.05) is 30.7 Å². The smallest absolute Gasteiger partial charge is 0.0406 e. The summed E-state index contributed by atoms with van der Waals surface area (Å²) in [6, 6.07) is 9.53. The van der Waals surface area contributed by atoms with E-state index < -0.39 is 0 Å². The predicted molar refractivity (Wildman–Crippen MR) is 78.3 cm³/mol. The number of nitrogens with zero attached hydrogens (tertiary/aromatic N) is 1. The van der Waals surface area contributed by atoms with Crippen LogP contribution in [0.1, 0.15) is 25.8 Å². The fourth-order valence-electron chi connectivity index (χ4n) is 2.63. The fraction of sp³-hybridized carbons (Fsp3) is 0.600. The first-order valence-electron chi connectivity index (χ1n) is 6.91. The van der Waals surface area contributed by atoms with Crippen molar-refractivity contribution in [3.05, 3.63) is 34.9 Å². The van der Waals surface area contributed by atoms with Crippen molar-refractivity contribution in [1.29, 1.82) is 0 Å². The van der Waals surface area contributed by atoms with E-state index in [1.807, 2.05) is 12.1 Å². The van der Waals surface area contributed by atoms with Gasteiger partial charge < -0.3 is 5.32 Å². The number of nitrogens with one attached hydrogen (secondary N) is 1. The van der Waals surface area contributed by atoms with E-state index in [0.29, 0.717) is 12.1 Å². The van der Waals surface area contributed by atoms with Gasteiger partial charge in [0.05, 0.1) is 0 Å². The second-order valence-electron chi connectivity index (χ2n) is 5.24. The van der Waals surface area contributed by atoms with Crippen molar-refractivity contribution in [1.82, 2.24) is 10.2 Å². The summed E-state index contributed by atoms with van der Waals surface area (Å²) in [5, 5.41) is 4.38. The lowest BCUT2D eigenvalue weighted by atomic mass is 10.1. The highest BCUT2D eigenvalue weighted by molar-refractivity contribution is 6.30. The maximum atomic E-state index is 5.91. The molecule has 0 aliphatic carbocycles. The molecule has 1 heterocycles. The normalized spacial score (nSPS) is 25.3. The molecule has 1 fully saturated rings. The standard InChI is InChI=1S/C15H23ClN2/c1-3-15-10-17-12(2)11-18(15)9-8-13-4-6-14(16)7-5-13/h4-7,12,15,17H,3,8-11H2,1-2H3. The lowest BCUT2D eigenvalue weighted by Gasteiger charge is -2.39. The van der Waals surface area contributed by atoms with Gasteiger partial charge >= 0.3 is 0 Å². The number of halogens is 1. The monoisotopic (exact) mass is 266 g/mol. The zero-order valence-electron chi connectivity index (χ0n) is 11.3. The zero-order chi connectivity index (χ0) is 13.0. The van der Waals surface area contributed by atoms with Gasteiger partial charge in [0.1, 0.15) is 0 Å². The molecular weight excluding hydrogens is 244 g/mol. The van der Waals surface area contributed by atoms with Crippen molar-refractivity contribution in [3.63, 3.8) is 0 Å². The largest absolute Gasteiger partial charge is 0.311 e. The number of benzene rings is 1. The quantitative estimate of drug-likeness (QED) is 0.902. The molecule has 100 valence electrons. The van der Waals surface area contributed by atoms with Crippen LogP contribution in [0.4, 0.5) is 0 Å². The highest BCUT2D eigenvalue weighted by atomic mass is 35.5. The Morgan fingerprint density at radius 2 is 2.06 bits per heavy atom. The van der Waals surface area contributed by atoms with Gasteiger partial charge in [-0.15, -0.1) is 0 Å². The molecule has 1 aromatic rings. The Bertz CT molecular complexity index is 363. The number of piperazine rings is 1. The van der Waals surface area contributed by atoms with Gasteiger partial charge in [0.2, 0.25) is 0 Å². The molecule has 1 aromatic carbocycles. The van der Waals surface area contributed by atoms with Crippen LogP contribution in [-0.2, 0) is 6.42 Å². The highest BCUT2D eigenvalue weighted by Gasteiger charge is 2.23. The Kier molecular flexibility index (Phi) is 5.04. The van der Waals surface area contributed by atoms with Crippen LogP contribution < -0.4 is 5.32 Å². The van der Waals surface area contributed by atoms with E-state index in [-0.39, 0.29) is 0 Å². The molecule has 18 heavy (non-hydrogen) atoms. The Morgan fingerprint density at radius 3 is 2.72 bits per heavy atom. The van der Waals surface area contributed by atoms with E-state index >= 15 is 0 Å². The molecule has 0 aromatic heterocycles. The highest BCUT2D eigenvalue weighted by Crippen LogP contribution is 2.13. The van der Waals surface area contributed by atoms with Gasteiger partial charge in [-0.2, -0.15) is 0 Å². The van der Waals surface area contributed by atoms with Crippen LogP contribution in [0.3, 0.4) is 0 Å². The van der Waals surface area contributed by atoms with E-state index in [9.17, 15) is 0 Å². The van der Waals surface area contributed by atoms with Gasteiger partial charge in [-0.25, -0.2) is 0 Å². The molecular formula is C15H23ClN2. The molecule has 2 unspecified atom stereocenters. The Hall–Kier alpha value is -0.570. The third-order valence-electron chi connectivity index (χ3n) is 3.80. The molecule has 1 aliphatic heterocycles. The van der Waals surface area contributed by atoms with Gasteiger partial charge in [0.15, 0.2) is 0 Å². The summed E-state index contributed by atoms with van der Waals surface area (Å²) in [4.78, 5) is 2.62. The van der Waals surface area contributed by atoms with Gasteiger partial charge in [-0.05, 0) is 37.5 Å². The fourth-order valence-corrected chi connectivity index (χ4v) is 2.76. The van der Waals surface area contributed by atoms with Gasteiger partial charge in [0.25, 0.3) is 0 Å². The van der Waals surface area contributed by atoms with Gasteiger partial charge in [0, 0.05) is 36.7 Å². The van der Waals surface area contributed by atoms with Gasteiger partial charge in [-0.3, -0.25) is 4.90 Å². The van der Waals surface area contributed by atoms with Crippen molar-refractivity contribution in [2.75, 3.05) is 19.6 Å². The Morgan fingerprint density at radius 1 is 1.33 bits per heavy atom. The SMILES string of the molecule is CCC1CNC(C)CN1CCc1ccc(Cl)cc1. The number of rotatable bonds is 4. The molecule has 2 nitrogen and oxygen atoms in total. The maximum Gasteiger partial charge on any atom is 0.0406 e. The molecule has 1 aliphatic rings. The zero-order valence-corrected chi connectivity index (χ0v) is 12.1. The summed E-state index contributed by atoms with van der Waals surface area (Å²) < 4.78 is 0. The van der Waals surface area contributed by atoms with Crippen LogP contribution in [0.5, 0.6) is 0 Å². The number of hydrogen-bond acceptors (Lipinski definition) is 2. The lowest BCUT2D eigenvalue weighted by molar-refractivity contribution is 0.133. The van der Waals surface area contributed by atoms with E-state index in [2.05, 4.69) is 36.2 Å². The summed E-state index contributed by atoms with van der Waals surface area (Å²) in [6.07, 6.45) is 2.33. The lowest BCUT2D eigenvalue weighted by Crippen LogP contribution is -2.55. The second-order valence-corrected chi connectivity index (χ2v) is 5.68. The maximum absolute atomic E-state index is 5.91. The van der Waals surface area contributed by atoms with Crippen LogP contribution >= 0.6 is 11.6 Å². The van der Waals surface area contributed by atoms with E-state index in [1.54, 1.807) is 0 Å². The molecule has 2 atom stereocenters. The second kappa shape index (κ2) is 6.55. The van der Waals surface area contributed by atoms with E-state index in [4.69, 9.17) is 11.6 Å². The molecule has 1 N–H and O–H groups in total. The first kappa shape index (κ1) is 13.9. The Balaban J connectivity index is 1.89. The van der Waals surface area contributed by atoms with Crippen molar-refractivity contribution in [2.45, 2.75) is 38.8 Å². The van der Waals surface area contributed by atoms with Crippen molar-refractivity contribution in [3.8, 4) is 0 Å². The van der Waals surface area contributed by atoms with Crippen LogP contribution in [0.2, 0.25) is 5.02 Å². The summed E-state index contributed by atoms with van der Waals surface area (Å²) in [6.45, 7) is 7.97. The summed E-state index contributed by atoms with van der Waals surface area (Å²) in [5.41, 5.74) is 1.38. The summed E-state index contributed by atoms with van der Waals surface area (Å²) in [5.74, 6) is 0. The predicted octanol–water partition coefficient (Wildman–Crippen LogP) is 2.95. The first-order valence-corrected chi connectivity index (χ1v) is 7.28. The first-order chi connectivity index (χ1) is 8.69. The molecule has 0 saturated carbocycles. The molecule has 3 heteroatoms. The molecule has 0 amide bonds. The average Bonchev–Trinajstić information content (AvgIpc) is 2.38. The third-order valence-corrected chi connectivity index (χ3v) is 4.05.